The van der Waals surface area contributed by atoms with E-state index in [1.807, 2.05) is 6.92 Å². The van der Waals surface area contributed by atoms with Crippen molar-refractivity contribution in [1.82, 2.24) is 15.5 Å². The van der Waals surface area contributed by atoms with Gasteiger partial charge in [0.2, 0.25) is 5.82 Å². The first-order valence-corrected chi connectivity index (χ1v) is 6.49. The van der Waals surface area contributed by atoms with E-state index in [9.17, 15) is 0 Å². The molecular weight excluding hydrogens is 234 g/mol. The van der Waals surface area contributed by atoms with Gasteiger partial charge >= 0.3 is 0 Å². The van der Waals surface area contributed by atoms with Crippen LogP contribution in [-0.4, -0.2) is 36.4 Å². The molecular formula is C12H21N3O3. The quantitative estimate of drug-likeness (QED) is 0.859. The standard InChI is InChI=1S/C12H21N3O3/c1-4-16-10(8(2)3)11-14-12(18-15-11)9-7-13-5-6-17-9/h8-10,13H,4-7H2,1-3H3. The Morgan fingerprint density at radius 3 is 2.94 bits per heavy atom. The molecule has 2 rings (SSSR count). The maximum atomic E-state index is 5.65. The molecule has 0 aliphatic carbocycles. The molecule has 0 spiro atoms. The molecule has 0 saturated carbocycles. The molecule has 1 aliphatic rings. The minimum atomic E-state index is -0.144. The molecule has 0 amide bonds. The highest BCUT2D eigenvalue weighted by Crippen LogP contribution is 2.25. The zero-order valence-electron chi connectivity index (χ0n) is 11.2. The molecule has 0 bridgehead atoms. The molecule has 2 heterocycles. The molecule has 102 valence electrons. The van der Waals surface area contributed by atoms with Crippen LogP contribution in [0.4, 0.5) is 0 Å². The number of nitrogens with zero attached hydrogens (tertiary/aromatic N) is 2. The summed E-state index contributed by atoms with van der Waals surface area (Å²) in [4.78, 5) is 4.41. The van der Waals surface area contributed by atoms with E-state index in [1.54, 1.807) is 0 Å². The van der Waals surface area contributed by atoms with Crippen LogP contribution in [0.2, 0.25) is 0 Å². The van der Waals surface area contributed by atoms with E-state index in [0.717, 1.165) is 6.54 Å². The van der Waals surface area contributed by atoms with Crippen LogP contribution in [0.5, 0.6) is 0 Å². The number of morpholine rings is 1. The van der Waals surface area contributed by atoms with Crippen LogP contribution >= 0.6 is 0 Å². The summed E-state index contributed by atoms with van der Waals surface area (Å²) in [5, 5.41) is 7.25. The number of hydrogen-bond donors (Lipinski definition) is 1. The Hall–Kier alpha value is -0.980. The van der Waals surface area contributed by atoms with Crippen molar-refractivity contribution in [3.63, 3.8) is 0 Å². The van der Waals surface area contributed by atoms with Crippen molar-refractivity contribution >= 4 is 0 Å². The SMILES string of the molecule is CCOC(c1noc(C2CNCCO2)n1)C(C)C. The molecule has 1 N–H and O–H groups in total. The van der Waals surface area contributed by atoms with Crippen LogP contribution in [-0.2, 0) is 9.47 Å². The molecule has 1 aliphatic heterocycles. The van der Waals surface area contributed by atoms with Gasteiger partial charge in [0, 0.05) is 19.7 Å². The first-order chi connectivity index (χ1) is 8.72. The van der Waals surface area contributed by atoms with Gasteiger partial charge in [-0.1, -0.05) is 19.0 Å². The van der Waals surface area contributed by atoms with Crippen LogP contribution in [0.15, 0.2) is 4.52 Å². The zero-order chi connectivity index (χ0) is 13.0. The summed E-state index contributed by atoms with van der Waals surface area (Å²) in [6.45, 7) is 9.00. The van der Waals surface area contributed by atoms with Gasteiger partial charge in [0.1, 0.15) is 12.2 Å². The van der Waals surface area contributed by atoms with E-state index in [4.69, 9.17) is 14.0 Å². The Kier molecular flexibility index (Phi) is 4.68. The molecule has 18 heavy (non-hydrogen) atoms. The second-order valence-electron chi connectivity index (χ2n) is 4.67. The molecule has 6 nitrogen and oxygen atoms in total. The Morgan fingerprint density at radius 1 is 1.50 bits per heavy atom. The number of nitrogens with one attached hydrogen (secondary N) is 1. The fraction of sp³-hybridized carbons (Fsp3) is 0.833. The summed E-state index contributed by atoms with van der Waals surface area (Å²) in [7, 11) is 0. The lowest BCUT2D eigenvalue weighted by atomic mass is 10.1. The molecule has 2 unspecified atom stereocenters. The van der Waals surface area contributed by atoms with E-state index in [1.165, 1.54) is 0 Å². The number of aromatic nitrogens is 2. The van der Waals surface area contributed by atoms with Crippen molar-refractivity contribution in [2.75, 3.05) is 26.3 Å². The Morgan fingerprint density at radius 2 is 2.33 bits per heavy atom. The third-order valence-corrected chi connectivity index (χ3v) is 2.87. The van der Waals surface area contributed by atoms with Gasteiger partial charge in [0.25, 0.3) is 5.89 Å². The predicted octanol–water partition coefficient (Wildman–Crippen LogP) is 1.46. The Balaban J connectivity index is 2.07. The lowest BCUT2D eigenvalue weighted by molar-refractivity contribution is 0.00752. The molecule has 1 saturated heterocycles. The average Bonchev–Trinajstić information content (AvgIpc) is 2.86. The topological polar surface area (TPSA) is 69.4 Å². The minimum absolute atomic E-state index is 0.121. The number of ether oxygens (including phenoxy) is 2. The second-order valence-corrected chi connectivity index (χ2v) is 4.67. The summed E-state index contributed by atoms with van der Waals surface area (Å²) in [5.74, 6) is 1.44. The van der Waals surface area contributed by atoms with Crippen LogP contribution in [0, 0.1) is 5.92 Å². The second kappa shape index (κ2) is 6.26. The fourth-order valence-corrected chi connectivity index (χ4v) is 1.96. The van der Waals surface area contributed by atoms with Crippen molar-refractivity contribution in [2.45, 2.75) is 33.0 Å². The lowest BCUT2D eigenvalue weighted by Gasteiger charge is -2.20. The number of hydrogen-bond acceptors (Lipinski definition) is 6. The Bertz CT molecular complexity index is 361. The summed E-state index contributed by atoms with van der Waals surface area (Å²) >= 11 is 0. The van der Waals surface area contributed by atoms with Crippen molar-refractivity contribution in [3.8, 4) is 0 Å². The summed E-state index contributed by atoms with van der Waals surface area (Å²) in [6.07, 6.45) is -0.265. The summed E-state index contributed by atoms with van der Waals surface area (Å²) in [5.41, 5.74) is 0. The normalized spacial score (nSPS) is 22.3. The molecule has 0 radical (unpaired) electrons. The average molecular weight is 255 g/mol. The highest BCUT2D eigenvalue weighted by molar-refractivity contribution is 4.96. The zero-order valence-corrected chi connectivity index (χ0v) is 11.2. The largest absolute Gasteiger partial charge is 0.370 e. The molecule has 0 aromatic carbocycles. The molecule has 2 atom stereocenters. The predicted molar refractivity (Wildman–Crippen MR) is 65.1 cm³/mol. The van der Waals surface area contributed by atoms with Crippen LogP contribution in [0.25, 0.3) is 0 Å². The van der Waals surface area contributed by atoms with Crippen LogP contribution < -0.4 is 5.32 Å². The minimum Gasteiger partial charge on any atom is -0.370 e. The summed E-state index contributed by atoms with van der Waals surface area (Å²) in [6, 6.07) is 0. The van der Waals surface area contributed by atoms with Crippen molar-refractivity contribution < 1.29 is 14.0 Å². The highest BCUT2D eigenvalue weighted by atomic mass is 16.5. The third-order valence-electron chi connectivity index (χ3n) is 2.87. The van der Waals surface area contributed by atoms with E-state index >= 15 is 0 Å². The van der Waals surface area contributed by atoms with Crippen molar-refractivity contribution in [1.29, 1.82) is 0 Å². The van der Waals surface area contributed by atoms with Gasteiger partial charge in [0.15, 0.2) is 0 Å². The van der Waals surface area contributed by atoms with Gasteiger partial charge in [0.05, 0.1) is 6.61 Å². The third kappa shape index (κ3) is 3.07. The molecule has 1 aromatic heterocycles. The monoisotopic (exact) mass is 255 g/mol. The van der Waals surface area contributed by atoms with E-state index < -0.39 is 0 Å². The Labute approximate surface area is 107 Å². The fourth-order valence-electron chi connectivity index (χ4n) is 1.96. The summed E-state index contributed by atoms with van der Waals surface area (Å²) < 4.78 is 16.5. The van der Waals surface area contributed by atoms with Crippen molar-refractivity contribution in [3.05, 3.63) is 11.7 Å². The molecule has 1 fully saturated rings. The van der Waals surface area contributed by atoms with E-state index in [2.05, 4.69) is 29.3 Å². The van der Waals surface area contributed by atoms with Gasteiger partial charge < -0.3 is 19.3 Å². The van der Waals surface area contributed by atoms with E-state index in [-0.39, 0.29) is 12.2 Å². The number of rotatable bonds is 5. The van der Waals surface area contributed by atoms with Gasteiger partial charge in [-0.3, -0.25) is 0 Å². The highest BCUT2D eigenvalue weighted by Gasteiger charge is 2.26. The van der Waals surface area contributed by atoms with E-state index in [0.29, 0.717) is 37.4 Å². The van der Waals surface area contributed by atoms with Crippen molar-refractivity contribution in [2.24, 2.45) is 5.92 Å². The molecule has 6 heteroatoms. The maximum Gasteiger partial charge on any atom is 0.257 e. The van der Waals surface area contributed by atoms with Gasteiger partial charge in [-0.2, -0.15) is 4.98 Å². The smallest absolute Gasteiger partial charge is 0.257 e. The first-order valence-electron chi connectivity index (χ1n) is 6.49. The van der Waals surface area contributed by atoms with Crippen LogP contribution in [0.1, 0.15) is 44.7 Å². The van der Waals surface area contributed by atoms with Crippen LogP contribution in [0.3, 0.4) is 0 Å². The molecule has 1 aromatic rings. The first kappa shape index (κ1) is 13.5. The van der Waals surface area contributed by atoms with Gasteiger partial charge in [-0.25, -0.2) is 0 Å². The van der Waals surface area contributed by atoms with Gasteiger partial charge in [-0.05, 0) is 12.8 Å². The maximum absolute atomic E-state index is 5.65. The van der Waals surface area contributed by atoms with Gasteiger partial charge in [-0.15, -0.1) is 0 Å². The lowest BCUT2D eigenvalue weighted by Crippen LogP contribution is -2.33.